The van der Waals surface area contributed by atoms with E-state index in [9.17, 15) is 19.1 Å². The third kappa shape index (κ3) is 4.11. The first-order valence-electron chi connectivity index (χ1n) is 10.5. The van der Waals surface area contributed by atoms with Gasteiger partial charge in [-0.15, -0.1) is 11.3 Å². The van der Waals surface area contributed by atoms with Crippen molar-refractivity contribution >= 4 is 34.0 Å². The highest BCUT2D eigenvalue weighted by molar-refractivity contribution is 7.15. The molecule has 2 amide bonds. The molecule has 1 aliphatic rings. The van der Waals surface area contributed by atoms with Crippen molar-refractivity contribution in [1.29, 1.82) is 0 Å². The lowest BCUT2D eigenvalue weighted by Crippen LogP contribution is -2.39. The van der Waals surface area contributed by atoms with Gasteiger partial charge in [0.1, 0.15) is 5.82 Å². The summed E-state index contributed by atoms with van der Waals surface area (Å²) in [6.07, 6.45) is -0.840. The van der Waals surface area contributed by atoms with Crippen molar-refractivity contribution in [2.75, 3.05) is 17.6 Å². The van der Waals surface area contributed by atoms with Crippen LogP contribution in [0.4, 0.5) is 15.2 Å². The molecule has 0 spiro atoms. The van der Waals surface area contributed by atoms with Gasteiger partial charge < -0.3 is 25.6 Å². The smallest absolute Gasteiger partial charge is 0.257 e. The second-order valence-electron chi connectivity index (χ2n) is 8.28. The first kappa shape index (κ1) is 22.9. The molecule has 0 saturated heterocycles. The van der Waals surface area contributed by atoms with Gasteiger partial charge in [0, 0.05) is 36.3 Å². The number of rotatable bonds is 4. The average Bonchev–Trinajstić information content (AvgIpc) is 3.24. The number of aliphatic hydroxyl groups is 1. The number of carbonyl (C=O) groups is 2. The van der Waals surface area contributed by atoms with Gasteiger partial charge >= 0.3 is 0 Å². The second-order valence-corrected chi connectivity index (χ2v) is 9.40. The van der Waals surface area contributed by atoms with Crippen LogP contribution in [-0.2, 0) is 24.8 Å². The molecule has 10 heteroatoms. The van der Waals surface area contributed by atoms with Gasteiger partial charge in [0.25, 0.3) is 11.8 Å². The van der Waals surface area contributed by atoms with Crippen LogP contribution >= 0.6 is 11.3 Å². The number of nitrogens with two attached hydrogens (primary N) is 1. The fraction of sp³-hybridized carbons (Fsp3) is 0.348. The Balaban J connectivity index is 1.58. The lowest BCUT2D eigenvalue weighted by molar-refractivity contribution is -0.141. The lowest BCUT2D eigenvalue weighted by atomic mass is 10.0. The van der Waals surface area contributed by atoms with Crippen LogP contribution in [0.1, 0.15) is 49.5 Å². The maximum Gasteiger partial charge on any atom is 0.257 e. The number of nitrogens with one attached hydrogen (secondary N) is 1. The number of halogens is 1. The minimum Gasteiger partial charge on any atom is -0.377 e. The van der Waals surface area contributed by atoms with Crippen molar-refractivity contribution in [1.82, 2.24) is 14.5 Å². The zero-order chi connectivity index (χ0) is 24.0. The minimum atomic E-state index is -1.42. The molecule has 1 unspecified atom stereocenters. The standard InChI is InChI=1S/C23H26FN5O3S/c1-11-9-14(5-6-15(11)24)26-21(31)18-12(2)19(28(4)13(18)3)20(30)22(32)29-8-7-16-17(10-29)33-23(25)27-16/h5-6,9,20,30H,7-8,10H2,1-4H3,(H2,25,27)(H,26,31). The van der Waals surface area contributed by atoms with Gasteiger partial charge in [-0.1, -0.05) is 0 Å². The summed E-state index contributed by atoms with van der Waals surface area (Å²) in [6, 6.07) is 4.34. The molecule has 3 heterocycles. The number of carbonyl (C=O) groups excluding carboxylic acids is 2. The summed E-state index contributed by atoms with van der Waals surface area (Å²) in [5.74, 6) is -1.17. The first-order chi connectivity index (χ1) is 15.6. The highest BCUT2D eigenvalue weighted by atomic mass is 32.1. The summed E-state index contributed by atoms with van der Waals surface area (Å²) in [5.41, 5.74) is 9.44. The molecule has 2 aromatic heterocycles. The number of amides is 2. The molecule has 174 valence electrons. The monoisotopic (exact) mass is 471 g/mol. The van der Waals surface area contributed by atoms with Gasteiger partial charge in [0.2, 0.25) is 0 Å². The molecule has 4 N–H and O–H groups in total. The van der Waals surface area contributed by atoms with E-state index in [0.29, 0.717) is 58.4 Å². The topological polar surface area (TPSA) is 113 Å². The summed E-state index contributed by atoms with van der Waals surface area (Å²) < 4.78 is 15.2. The van der Waals surface area contributed by atoms with Gasteiger partial charge in [-0.05, 0) is 50.1 Å². The van der Waals surface area contributed by atoms with Crippen LogP contribution in [-0.4, -0.2) is 37.9 Å². The number of aliphatic hydroxyl groups excluding tert-OH is 1. The summed E-state index contributed by atoms with van der Waals surface area (Å²) >= 11 is 1.35. The molecular formula is C23H26FN5O3S. The summed E-state index contributed by atoms with van der Waals surface area (Å²) in [5, 5.41) is 14.3. The summed E-state index contributed by atoms with van der Waals surface area (Å²) in [4.78, 5) is 33.0. The highest BCUT2D eigenvalue weighted by Gasteiger charge is 2.33. The SMILES string of the molecule is Cc1cc(NC(=O)c2c(C)c(C(O)C(=O)N3CCc4nc(N)sc4C3)n(C)c2C)ccc1F. The Hall–Kier alpha value is -3.24. The Morgan fingerprint density at radius 1 is 1.30 bits per heavy atom. The highest BCUT2D eigenvalue weighted by Crippen LogP contribution is 2.31. The van der Waals surface area contributed by atoms with E-state index in [1.54, 1.807) is 43.4 Å². The predicted octanol–water partition coefficient (Wildman–Crippen LogP) is 3.00. The van der Waals surface area contributed by atoms with Crippen LogP contribution in [0.5, 0.6) is 0 Å². The van der Waals surface area contributed by atoms with E-state index in [0.717, 1.165) is 10.6 Å². The van der Waals surface area contributed by atoms with Crippen LogP contribution < -0.4 is 11.1 Å². The number of benzene rings is 1. The molecule has 1 aromatic carbocycles. The molecule has 0 saturated carbocycles. The number of fused-ring (bicyclic) bond motifs is 1. The second kappa shape index (κ2) is 8.60. The van der Waals surface area contributed by atoms with E-state index in [-0.39, 0.29) is 11.7 Å². The van der Waals surface area contributed by atoms with Crippen LogP contribution in [0, 0.1) is 26.6 Å². The van der Waals surface area contributed by atoms with E-state index in [1.807, 2.05) is 0 Å². The van der Waals surface area contributed by atoms with Crippen LogP contribution in [0.3, 0.4) is 0 Å². The number of aryl methyl sites for hydroxylation is 1. The van der Waals surface area contributed by atoms with E-state index in [2.05, 4.69) is 10.3 Å². The predicted molar refractivity (Wildman–Crippen MR) is 125 cm³/mol. The third-order valence-corrected chi connectivity index (χ3v) is 7.09. The number of thiazole rings is 1. The maximum atomic E-state index is 13.6. The quantitative estimate of drug-likeness (QED) is 0.541. The molecule has 0 aliphatic carbocycles. The molecule has 8 nitrogen and oxygen atoms in total. The van der Waals surface area contributed by atoms with Crippen molar-refractivity contribution in [3.05, 3.63) is 62.7 Å². The molecule has 0 fully saturated rings. The van der Waals surface area contributed by atoms with Crippen LogP contribution in [0.25, 0.3) is 0 Å². The number of nitrogen functional groups attached to an aromatic ring is 1. The molecule has 1 aliphatic heterocycles. The molecule has 4 rings (SSSR count). The van der Waals surface area contributed by atoms with Crippen LogP contribution in [0.2, 0.25) is 0 Å². The molecule has 3 aromatic rings. The van der Waals surface area contributed by atoms with Crippen LogP contribution in [0.15, 0.2) is 18.2 Å². The van der Waals surface area contributed by atoms with Gasteiger partial charge in [-0.2, -0.15) is 0 Å². The zero-order valence-corrected chi connectivity index (χ0v) is 19.7. The molecule has 33 heavy (non-hydrogen) atoms. The van der Waals surface area contributed by atoms with E-state index in [4.69, 9.17) is 5.73 Å². The van der Waals surface area contributed by atoms with Gasteiger partial charge in [-0.3, -0.25) is 9.59 Å². The van der Waals surface area contributed by atoms with E-state index < -0.39 is 12.0 Å². The average molecular weight is 472 g/mol. The molecular weight excluding hydrogens is 445 g/mol. The molecule has 1 atom stereocenters. The number of hydrogen-bond acceptors (Lipinski definition) is 6. The van der Waals surface area contributed by atoms with Crippen molar-refractivity contribution in [2.45, 2.75) is 39.8 Å². The van der Waals surface area contributed by atoms with E-state index >= 15 is 0 Å². The Morgan fingerprint density at radius 3 is 2.73 bits per heavy atom. The minimum absolute atomic E-state index is 0.347. The van der Waals surface area contributed by atoms with Crippen molar-refractivity contribution < 1.29 is 19.1 Å². The molecule has 0 bridgehead atoms. The molecule has 0 radical (unpaired) electrons. The van der Waals surface area contributed by atoms with Crippen molar-refractivity contribution in [2.24, 2.45) is 7.05 Å². The number of aromatic nitrogens is 2. The van der Waals surface area contributed by atoms with Gasteiger partial charge in [-0.25, -0.2) is 9.37 Å². The Labute approximate surface area is 194 Å². The fourth-order valence-corrected chi connectivity index (χ4v) is 5.23. The zero-order valence-electron chi connectivity index (χ0n) is 18.9. The largest absolute Gasteiger partial charge is 0.377 e. The van der Waals surface area contributed by atoms with Gasteiger partial charge in [0.05, 0.1) is 23.5 Å². The Kier molecular flexibility index (Phi) is 5.98. The summed E-state index contributed by atoms with van der Waals surface area (Å²) in [7, 11) is 1.71. The number of anilines is 2. The number of nitrogens with zero attached hydrogens (tertiary/aromatic N) is 3. The fourth-order valence-electron chi connectivity index (χ4n) is 4.33. The van der Waals surface area contributed by atoms with Crippen molar-refractivity contribution in [3.63, 3.8) is 0 Å². The normalized spacial score (nSPS) is 14.2. The Bertz CT molecular complexity index is 1270. The Morgan fingerprint density at radius 2 is 2.03 bits per heavy atom. The van der Waals surface area contributed by atoms with Gasteiger partial charge in [0.15, 0.2) is 11.2 Å². The van der Waals surface area contributed by atoms with E-state index in [1.165, 1.54) is 23.5 Å². The first-order valence-corrected chi connectivity index (χ1v) is 11.3. The number of hydrogen-bond donors (Lipinski definition) is 3. The third-order valence-electron chi connectivity index (χ3n) is 6.18. The lowest BCUT2D eigenvalue weighted by Gasteiger charge is -2.28. The van der Waals surface area contributed by atoms with Crippen molar-refractivity contribution in [3.8, 4) is 0 Å². The maximum absolute atomic E-state index is 13.6. The summed E-state index contributed by atoms with van der Waals surface area (Å²) in [6.45, 7) is 5.87.